The molecule has 2 aliphatic carbocycles. The lowest BCUT2D eigenvalue weighted by atomic mass is 9.80. The summed E-state index contributed by atoms with van der Waals surface area (Å²) in [6.07, 6.45) is 5.10. The van der Waals surface area contributed by atoms with Crippen LogP contribution in [0.4, 0.5) is 8.78 Å². The summed E-state index contributed by atoms with van der Waals surface area (Å²) in [7, 11) is 0. The van der Waals surface area contributed by atoms with E-state index in [-0.39, 0.29) is 49.0 Å². The zero-order chi connectivity index (χ0) is 30.7. The third-order valence-electron chi connectivity index (χ3n) is 9.44. The summed E-state index contributed by atoms with van der Waals surface area (Å²) in [6.45, 7) is 7.24. The first-order valence-electron chi connectivity index (χ1n) is 14.9. The minimum absolute atomic E-state index is 0.0500. The highest BCUT2D eigenvalue weighted by Crippen LogP contribution is 2.52. The highest BCUT2D eigenvalue weighted by atomic mass is 35.5. The van der Waals surface area contributed by atoms with Gasteiger partial charge in [-0.25, -0.2) is 8.78 Å². The summed E-state index contributed by atoms with van der Waals surface area (Å²) in [4.78, 5) is 31.8. The van der Waals surface area contributed by atoms with Crippen molar-refractivity contribution in [3.63, 3.8) is 0 Å². The molecule has 1 unspecified atom stereocenters. The lowest BCUT2D eigenvalue weighted by Gasteiger charge is -2.49. The van der Waals surface area contributed by atoms with Gasteiger partial charge in [0.25, 0.3) is 23.2 Å². The number of pyridine rings is 1. The van der Waals surface area contributed by atoms with Gasteiger partial charge in [0.1, 0.15) is 0 Å². The number of benzene rings is 1. The SMILES string of the molecule is CSc1cc(C)[nH]c(=O)c1CNC(=O)c1cc(Cl)c2c(c1C)OC(C)(C1CCC(N3CC(OC4CC(F)(F)C4)C3)CC1)O2. The molecule has 3 heterocycles. The Labute approximate surface area is 259 Å². The molecule has 3 fully saturated rings. The summed E-state index contributed by atoms with van der Waals surface area (Å²) in [5.41, 5.74) is 2.05. The van der Waals surface area contributed by atoms with Crippen LogP contribution in [0.3, 0.4) is 0 Å². The van der Waals surface area contributed by atoms with E-state index in [0.29, 0.717) is 39.3 Å². The molecule has 2 aromatic rings. The van der Waals surface area contributed by atoms with Crippen LogP contribution in [0.1, 0.15) is 72.6 Å². The topological polar surface area (TPSA) is 92.9 Å². The molecular weight excluding hydrogens is 600 g/mol. The van der Waals surface area contributed by atoms with Crippen LogP contribution in [0.5, 0.6) is 11.5 Å². The van der Waals surface area contributed by atoms with Gasteiger partial charge >= 0.3 is 0 Å². The molecule has 8 nitrogen and oxygen atoms in total. The monoisotopic (exact) mass is 637 g/mol. The van der Waals surface area contributed by atoms with Crippen LogP contribution in [-0.2, 0) is 11.3 Å². The number of fused-ring (bicyclic) bond motifs is 1. The van der Waals surface area contributed by atoms with E-state index < -0.39 is 11.7 Å². The lowest BCUT2D eigenvalue weighted by molar-refractivity contribution is -0.206. The van der Waals surface area contributed by atoms with E-state index in [4.69, 9.17) is 25.8 Å². The smallest absolute Gasteiger partial charge is 0.254 e. The average molecular weight is 638 g/mol. The number of thioether (sulfide) groups is 1. The fourth-order valence-electron chi connectivity index (χ4n) is 6.84. The molecule has 43 heavy (non-hydrogen) atoms. The molecule has 0 radical (unpaired) electrons. The van der Waals surface area contributed by atoms with Crippen LogP contribution in [0.25, 0.3) is 0 Å². The third-order valence-corrected chi connectivity index (χ3v) is 10.5. The molecule has 12 heteroatoms. The molecule has 1 saturated heterocycles. The predicted octanol–water partition coefficient (Wildman–Crippen LogP) is 5.84. The van der Waals surface area contributed by atoms with Gasteiger partial charge < -0.3 is 24.5 Å². The van der Waals surface area contributed by atoms with Gasteiger partial charge in [-0.3, -0.25) is 14.5 Å². The highest BCUT2D eigenvalue weighted by molar-refractivity contribution is 7.98. The highest BCUT2D eigenvalue weighted by Gasteiger charge is 2.50. The lowest BCUT2D eigenvalue weighted by Crippen LogP contribution is -2.60. The van der Waals surface area contributed by atoms with Crippen LogP contribution in [0, 0.1) is 19.8 Å². The van der Waals surface area contributed by atoms with E-state index in [2.05, 4.69) is 15.2 Å². The molecule has 2 N–H and O–H groups in total. The Morgan fingerprint density at radius 3 is 2.47 bits per heavy atom. The first-order chi connectivity index (χ1) is 20.4. The van der Waals surface area contributed by atoms with Gasteiger partial charge in [0.15, 0.2) is 11.5 Å². The average Bonchev–Trinajstić information content (AvgIpc) is 3.30. The molecule has 2 aliphatic heterocycles. The van der Waals surface area contributed by atoms with Gasteiger partial charge in [-0.15, -0.1) is 11.8 Å². The molecule has 1 aromatic carbocycles. The maximum atomic E-state index is 13.3. The van der Waals surface area contributed by atoms with Crippen LogP contribution in [0.2, 0.25) is 5.02 Å². The number of H-pyrrole nitrogens is 1. The van der Waals surface area contributed by atoms with Crippen molar-refractivity contribution in [2.24, 2.45) is 5.92 Å². The molecule has 2 saturated carbocycles. The van der Waals surface area contributed by atoms with Crippen molar-refractivity contribution in [3.8, 4) is 11.5 Å². The number of aromatic nitrogens is 1. The maximum Gasteiger partial charge on any atom is 0.254 e. The van der Waals surface area contributed by atoms with E-state index in [1.54, 1.807) is 6.07 Å². The first-order valence-corrected chi connectivity index (χ1v) is 16.5. The Balaban J connectivity index is 1.05. The number of hydrogen-bond donors (Lipinski definition) is 2. The van der Waals surface area contributed by atoms with E-state index in [9.17, 15) is 18.4 Å². The van der Waals surface area contributed by atoms with Gasteiger partial charge in [-0.05, 0) is 57.9 Å². The Morgan fingerprint density at radius 1 is 1.14 bits per heavy atom. The summed E-state index contributed by atoms with van der Waals surface area (Å²) >= 11 is 8.09. The number of amides is 1. The van der Waals surface area contributed by atoms with Crippen LogP contribution >= 0.6 is 23.4 Å². The third kappa shape index (κ3) is 6.02. The maximum absolute atomic E-state index is 13.3. The minimum atomic E-state index is -2.55. The number of aromatic amines is 1. The number of aryl methyl sites for hydroxylation is 1. The summed E-state index contributed by atoms with van der Waals surface area (Å²) in [5.74, 6) is -2.75. The fourth-order valence-corrected chi connectivity index (χ4v) is 7.78. The van der Waals surface area contributed by atoms with Crippen molar-refractivity contribution in [2.75, 3.05) is 19.3 Å². The molecule has 1 atom stereocenters. The fraction of sp³-hybridized carbons (Fsp3) is 0.613. The number of alkyl halides is 2. The zero-order valence-electron chi connectivity index (χ0n) is 24.9. The molecule has 1 aromatic heterocycles. The summed E-state index contributed by atoms with van der Waals surface area (Å²) in [6, 6.07) is 3.92. The van der Waals surface area contributed by atoms with Crippen molar-refractivity contribution in [1.29, 1.82) is 0 Å². The van der Waals surface area contributed by atoms with Crippen molar-refractivity contribution in [2.45, 2.75) is 101 Å². The van der Waals surface area contributed by atoms with E-state index in [0.717, 1.165) is 49.4 Å². The summed E-state index contributed by atoms with van der Waals surface area (Å²) in [5, 5.41) is 3.17. The molecule has 1 amide bonds. The van der Waals surface area contributed by atoms with E-state index in [1.807, 2.05) is 33.1 Å². The number of carbonyl (C=O) groups excluding carboxylic acids is 1. The number of halogens is 3. The van der Waals surface area contributed by atoms with Crippen molar-refractivity contribution in [3.05, 3.63) is 49.9 Å². The number of hydrogen-bond acceptors (Lipinski definition) is 7. The van der Waals surface area contributed by atoms with Gasteiger partial charge in [0.05, 0.1) is 17.2 Å². The molecule has 4 aliphatic rings. The second-order valence-electron chi connectivity index (χ2n) is 12.5. The van der Waals surface area contributed by atoms with Crippen LogP contribution in [-0.4, -0.2) is 65.1 Å². The van der Waals surface area contributed by atoms with Gasteiger partial charge in [-0.1, -0.05) is 11.6 Å². The Kier molecular flexibility index (Phi) is 8.23. The number of likely N-dealkylation sites (tertiary alicyclic amines) is 1. The second-order valence-corrected chi connectivity index (χ2v) is 13.8. The normalized spacial score (nSPS) is 27.0. The minimum Gasteiger partial charge on any atom is -0.448 e. The number of rotatable bonds is 8. The number of nitrogens with zero attached hydrogens (tertiary/aromatic N) is 1. The van der Waals surface area contributed by atoms with Crippen LogP contribution < -0.4 is 20.3 Å². The van der Waals surface area contributed by atoms with Crippen molar-refractivity contribution in [1.82, 2.24) is 15.2 Å². The van der Waals surface area contributed by atoms with Crippen molar-refractivity contribution < 1.29 is 27.8 Å². The Morgan fingerprint density at radius 2 is 1.81 bits per heavy atom. The first kappa shape index (κ1) is 30.7. The van der Waals surface area contributed by atoms with Gasteiger partial charge in [0, 0.05) is 78.6 Å². The molecular formula is C31H38ClF2N3O5S. The second kappa shape index (κ2) is 11.5. The zero-order valence-corrected chi connectivity index (χ0v) is 26.4. The standard InChI is InChI=1S/C31H38ClF2N3O5S/c1-16-9-25(43-4)23(29(39)36-16)13-35-28(38)22-10-24(32)27-26(17(22)2)41-30(3,42-27)18-5-7-19(8-6-18)37-14-21(15-37)40-20-11-31(33,34)12-20/h9-10,18-21H,5-8,11-15H2,1-4H3,(H,35,38)(H,36,39). The van der Waals surface area contributed by atoms with Crippen LogP contribution in [0.15, 0.2) is 21.8 Å². The Bertz CT molecular complexity index is 1470. The molecule has 6 rings (SSSR count). The predicted molar refractivity (Wildman–Crippen MR) is 161 cm³/mol. The number of nitrogens with one attached hydrogen (secondary N) is 2. The quantitative estimate of drug-likeness (QED) is 0.351. The molecule has 0 spiro atoms. The molecule has 0 bridgehead atoms. The van der Waals surface area contributed by atoms with E-state index >= 15 is 0 Å². The summed E-state index contributed by atoms with van der Waals surface area (Å²) < 4.78 is 44.8. The number of carbonyl (C=O) groups is 1. The number of ether oxygens (including phenoxy) is 3. The van der Waals surface area contributed by atoms with E-state index in [1.165, 1.54) is 11.8 Å². The van der Waals surface area contributed by atoms with Gasteiger partial charge in [0.2, 0.25) is 0 Å². The van der Waals surface area contributed by atoms with Gasteiger partial charge in [-0.2, -0.15) is 0 Å². The Hall–Kier alpha value is -2.34. The largest absolute Gasteiger partial charge is 0.448 e. The van der Waals surface area contributed by atoms with Crippen molar-refractivity contribution >= 4 is 29.3 Å². The molecule has 234 valence electrons.